The summed E-state index contributed by atoms with van der Waals surface area (Å²) in [5, 5.41) is 10.3. The van der Waals surface area contributed by atoms with Gasteiger partial charge in [-0.15, -0.1) is 0 Å². The third-order valence-corrected chi connectivity index (χ3v) is 5.09. The zero-order valence-corrected chi connectivity index (χ0v) is 15.3. The van der Waals surface area contributed by atoms with E-state index >= 15 is 0 Å². The molecule has 2 bridgehead atoms. The topological polar surface area (TPSA) is 80.4 Å². The predicted octanol–water partition coefficient (Wildman–Crippen LogP) is -1.45. The van der Waals surface area contributed by atoms with Crippen molar-refractivity contribution in [1.82, 2.24) is 0 Å². The van der Waals surface area contributed by atoms with Crippen molar-refractivity contribution in [3.05, 3.63) is 0 Å². The molecule has 0 N–H and O–H groups in total. The number of rotatable bonds is 13. The van der Waals surface area contributed by atoms with Gasteiger partial charge in [-0.25, -0.2) is 0 Å². The van der Waals surface area contributed by atoms with E-state index in [4.69, 9.17) is 18.9 Å². The van der Waals surface area contributed by atoms with Gasteiger partial charge in [0.2, 0.25) is 0 Å². The zero-order valence-electron chi connectivity index (χ0n) is 15.3. The number of carbonyl (C=O) groups excluding carboxylic acids is 1. The summed E-state index contributed by atoms with van der Waals surface area (Å²) in [5.41, 5.74) is 0. The van der Waals surface area contributed by atoms with Crippen molar-refractivity contribution in [2.45, 2.75) is 94.9 Å². The van der Waals surface area contributed by atoms with Gasteiger partial charge in [-0.3, -0.25) is 0 Å². The van der Waals surface area contributed by atoms with Gasteiger partial charge < -0.3 is 28.8 Å². The third-order valence-electron chi connectivity index (χ3n) is 5.09. The number of aliphatic carboxylic acids is 1. The van der Waals surface area contributed by atoms with E-state index in [-0.39, 0.29) is 56.0 Å². The maximum absolute atomic E-state index is 10.3. The van der Waals surface area contributed by atoms with E-state index in [1.165, 1.54) is 32.1 Å². The molecule has 3 rings (SSSR count). The third kappa shape index (κ3) is 6.53. The molecule has 5 atom stereocenters. The summed E-state index contributed by atoms with van der Waals surface area (Å²) in [6, 6.07) is 0. The van der Waals surface area contributed by atoms with Crippen LogP contribution in [0.4, 0.5) is 0 Å². The van der Waals surface area contributed by atoms with Crippen molar-refractivity contribution in [3.8, 4) is 0 Å². The van der Waals surface area contributed by atoms with Crippen LogP contribution in [0.3, 0.4) is 0 Å². The van der Waals surface area contributed by atoms with E-state index in [0.717, 1.165) is 32.3 Å². The summed E-state index contributed by atoms with van der Waals surface area (Å²) in [6.45, 7) is 1.38. The Bertz CT molecular complexity index is 407. The summed E-state index contributed by atoms with van der Waals surface area (Å²) in [4.78, 5) is 10.3. The van der Waals surface area contributed by atoms with Gasteiger partial charge in [0.25, 0.3) is 0 Å². The minimum absolute atomic E-state index is 0. The molecular formula is C18H29LiO6. The monoisotopic (exact) mass is 348 g/mol. The van der Waals surface area contributed by atoms with Crippen LogP contribution in [0.15, 0.2) is 0 Å². The Morgan fingerprint density at radius 3 is 2.24 bits per heavy atom. The number of hydrogen-bond donors (Lipinski definition) is 0. The van der Waals surface area contributed by atoms with Crippen LogP contribution >= 0.6 is 0 Å². The van der Waals surface area contributed by atoms with Crippen LogP contribution in [0, 0.1) is 0 Å². The van der Waals surface area contributed by atoms with E-state index in [1.54, 1.807) is 0 Å². The maximum Gasteiger partial charge on any atom is 1.00 e. The quantitative estimate of drug-likeness (QED) is 0.230. The average molecular weight is 348 g/mol. The normalized spacial score (nSPS) is 32.1. The fourth-order valence-electron chi connectivity index (χ4n) is 3.64. The second kappa shape index (κ2) is 10.9. The Morgan fingerprint density at radius 2 is 1.56 bits per heavy atom. The Morgan fingerprint density at radius 1 is 0.920 bits per heavy atom. The number of ether oxygens (including phenoxy) is 4. The Hall–Kier alpha value is -0.0926. The molecule has 0 amide bonds. The van der Waals surface area contributed by atoms with Gasteiger partial charge in [0.1, 0.15) is 24.4 Å². The zero-order chi connectivity index (χ0) is 16.8. The Kier molecular flexibility index (Phi) is 9.26. The minimum atomic E-state index is -0.930. The first kappa shape index (κ1) is 21.2. The average Bonchev–Trinajstić information content (AvgIpc) is 3.24. The second-order valence-corrected chi connectivity index (χ2v) is 7.08. The van der Waals surface area contributed by atoms with E-state index in [2.05, 4.69) is 0 Å². The first-order valence-electron chi connectivity index (χ1n) is 9.49. The Balaban J connectivity index is 0.00000225. The van der Waals surface area contributed by atoms with Gasteiger partial charge in [-0.05, 0) is 19.3 Å². The molecule has 0 aromatic heterocycles. The number of fused-ring (bicyclic) bond motifs is 4. The molecule has 0 spiro atoms. The summed E-state index contributed by atoms with van der Waals surface area (Å²) in [5.74, 6) is -0.930. The molecule has 3 fully saturated rings. The van der Waals surface area contributed by atoms with Gasteiger partial charge in [-0.1, -0.05) is 44.9 Å². The van der Waals surface area contributed by atoms with Crippen LogP contribution in [0.1, 0.15) is 64.2 Å². The summed E-state index contributed by atoms with van der Waals surface area (Å²) >= 11 is 0. The first-order valence-corrected chi connectivity index (χ1v) is 9.49. The van der Waals surface area contributed by atoms with Crippen LogP contribution in [0.5, 0.6) is 0 Å². The van der Waals surface area contributed by atoms with Crippen molar-refractivity contribution in [2.24, 2.45) is 0 Å². The molecule has 0 unspecified atom stereocenters. The SMILES string of the molecule is O=C([O-])CCCCCCCCCCCO[C@H]1[C@@H]2OC[C@@H](O2)[C@@H]2O[C@@H]21.[Li+]. The number of epoxide rings is 1. The van der Waals surface area contributed by atoms with Crippen LogP contribution in [-0.4, -0.2) is 49.9 Å². The van der Waals surface area contributed by atoms with E-state index in [1.807, 2.05) is 0 Å². The fraction of sp³-hybridized carbons (Fsp3) is 0.944. The molecule has 0 aliphatic carbocycles. The largest absolute Gasteiger partial charge is 1.00 e. The smallest absolute Gasteiger partial charge is 0.550 e. The summed E-state index contributed by atoms with van der Waals surface area (Å²) < 4.78 is 22.9. The van der Waals surface area contributed by atoms with Gasteiger partial charge in [-0.2, -0.15) is 0 Å². The molecule has 3 aliphatic heterocycles. The molecule has 0 aromatic rings. The number of hydrogen-bond acceptors (Lipinski definition) is 6. The van der Waals surface area contributed by atoms with Crippen molar-refractivity contribution < 1.29 is 47.7 Å². The van der Waals surface area contributed by atoms with Gasteiger partial charge in [0.05, 0.1) is 6.61 Å². The predicted molar refractivity (Wildman–Crippen MR) is 84.2 cm³/mol. The standard InChI is InChI=1S/C18H30O6.Li/c19-14(20)10-8-6-4-2-1-3-5-7-9-11-21-17-16-15(24-16)13-12-22-18(17)23-13;/h13,15-18H,1-12H2,(H,19,20);/q;+1/p-1/t13-,15+,16+,17-,18-;/m1./s1. The molecule has 0 aromatic carbocycles. The van der Waals surface area contributed by atoms with E-state index in [9.17, 15) is 9.90 Å². The van der Waals surface area contributed by atoms with Gasteiger partial charge in [0, 0.05) is 12.6 Å². The van der Waals surface area contributed by atoms with Gasteiger partial charge >= 0.3 is 18.9 Å². The molecule has 3 saturated heterocycles. The minimum Gasteiger partial charge on any atom is -0.550 e. The number of unbranched alkanes of at least 4 members (excludes halogenated alkanes) is 8. The molecule has 0 saturated carbocycles. The van der Waals surface area contributed by atoms with Gasteiger partial charge in [0.15, 0.2) is 6.29 Å². The number of carbonyl (C=O) groups is 1. The van der Waals surface area contributed by atoms with Crippen LogP contribution in [-0.2, 0) is 23.7 Å². The van der Waals surface area contributed by atoms with Crippen LogP contribution < -0.4 is 24.0 Å². The van der Waals surface area contributed by atoms with Crippen LogP contribution in [0.25, 0.3) is 0 Å². The molecule has 138 valence electrons. The van der Waals surface area contributed by atoms with Crippen molar-refractivity contribution in [3.63, 3.8) is 0 Å². The van der Waals surface area contributed by atoms with Crippen molar-refractivity contribution in [1.29, 1.82) is 0 Å². The van der Waals surface area contributed by atoms with Crippen LogP contribution in [0.2, 0.25) is 0 Å². The van der Waals surface area contributed by atoms with Crippen molar-refractivity contribution in [2.75, 3.05) is 13.2 Å². The maximum atomic E-state index is 10.3. The molecule has 3 heterocycles. The molecule has 6 nitrogen and oxygen atoms in total. The molecule has 7 heteroatoms. The Labute approximate surface area is 162 Å². The summed E-state index contributed by atoms with van der Waals surface area (Å²) in [7, 11) is 0. The van der Waals surface area contributed by atoms with E-state index in [0.29, 0.717) is 6.61 Å². The number of carboxylic acids is 1. The number of carboxylic acid groups (broad SMARTS) is 1. The second-order valence-electron chi connectivity index (χ2n) is 7.08. The molecule has 0 radical (unpaired) electrons. The molecular weight excluding hydrogens is 319 g/mol. The van der Waals surface area contributed by atoms with E-state index < -0.39 is 5.97 Å². The molecule has 25 heavy (non-hydrogen) atoms. The first-order chi connectivity index (χ1) is 11.8. The van der Waals surface area contributed by atoms with Crippen molar-refractivity contribution >= 4 is 5.97 Å². The fourth-order valence-corrected chi connectivity index (χ4v) is 3.64. The molecule has 3 aliphatic rings. The summed E-state index contributed by atoms with van der Waals surface area (Å²) in [6.07, 6.45) is 10.5.